The highest BCUT2D eigenvalue weighted by Gasteiger charge is 2.38. The first-order valence-electron chi connectivity index (χ1n) is 9.41. The Morgan fingerprint density at radius 1 is 1.25 bits per heavy atom. The van der Waals surface area contributed by atoms with E-state index in [0.29, 0.717) is 23.5 Å². The first-order chi connectivity index (χ1) is 10.9. The van der Waals surface area contributed by atoms with Gasteiger partial charge in [-0.3, -0.25) is 0 Å². The summed E-state index contributed by atoms with van der Waals surface area (Å²) in [6, 6.07) is 4.20. The van der Waals surface area contributed by atoms with E-state index < -0.39 is 8.32 Å². The highest BCUT2D eigenvalue weighted by molar-refractivity contribution is 6.74. The lowest BCUT2D eigenvalue weighted by atomic mass is 9.72. The smallest absolute Gasteiger partial charge is 0.191 e. The molecule has 0 amide bonds. The van der Waals surface area contributed by atoms with Crippen LogP contribution >= 0.6 is 0 Å². The van der Waals surface area contributed by atoms with Crippen molar-refractivity contribution in [1.82, 2.24) is 0 Å². The van der Waals surface area contributed by atoms with Crippen LogP contribution in [0.4, 0.5) is 0 Å². The summed E-state index contributed by atoms with van der Waals surface area (Å²) in [6.07, 6.45) is 2.35. The van der Waals surface area contributed by atoms with Gasteiger partial charge in [0.25, 0.3) is 0 Å². The molecule has 3 heteroatoms. The molecule has 2 rings (SSSR count). The molecule has 0 aliphatic heterocycles. The van der Waals surface area contributed by atoms with Crippen molar-refractivity contribution in [3.8, 4) is 5.75 Å². The second-order valence-electron chi connectivity index (χ2n) is 9.42. The van der Waals surface area contributed by atoms with Crippen LogP contribution in [-0.4, -0.2) is 20.0 Å². The summed E-state index contributed by atoms with van der Waals surface area (Å²) in [5.41, 5.74) is 3.69. The van der Waals surface area contributed by atoms with Crippen molar-refractivity contribution in [2.75, 3.05) is 6.61 Å². The van der Waals surface area contributed by atoms with Gasteiger partial charge in [0, 0.05) is 12.2 Å². The summed E-state index contributed by atoms with van der Waals surface area (Å²) in [4.78, 5) is 0. The number of aryl methyl sites for hydroxylation is 1. The predicted molar refractivity (Wildman–Crippen MR) is 106 cm³/mol. The Hall–Kier alpha value is -0.803. The maximum Gasteiger partial charge on any atom is 0.191 e. The van der Waals surface area contributed by atoms with E-state index >= 15 is 0 Å². The summed E-state index contributed by atoms with van der Waals surface area (Å²) in [5.74, 6) is 1.91. The van der Waals surface area contributed by atoms with Gasteiger partial charge < -0.3 is 9.53 Å². The maximum absolute atomic E-state index is 10.4. The summed E-state index contributed by atoms with van der Waals surface area (Å²) < 4.78 is 6.49. The van der Waals surface area contributed by atoms with Gasteiger partial charge in [-0.15, -0.1) is 0 Å². The Bertz CT molecular complexity index is 586. The number of phenolic OH excluding ortho intramolecular Hbond substituents is 1. The van der Waals surface area contributed by atoms with Gasteiger partial charge in [-0.05, 0) is 72.8 Å². The molecule has 0 heterocycles. The van der Waals surface area contributed by atoms with Gasteiger partial charge in [0.2, 0.25) is 0 Å². The van der Waals surface area contributed by atoms with Crippen LogP contribution in [-0.2, 0) is 4.43 Å². The summed E-state index contributed by atoms with van der Waals surface area (Å²) >= 11 is 0. The molecule has 1 aliphatic carbocycles. The molecule has 1 aromatic rings. The van der Waals surface area contributed by atoms with Crippen molar-refractivity contribution in [3.05, 3.63) is 28.8 Å². The molecular formula is C21H36O2Si. The van der Waals surface area contributed by atoms with Crippen molar-refractivity contribution in [2.45, 2.75) is 84.4 Å². The van der Waals surface area contributed by atoms with E-state index in [9.17, 15) is 5.11 Å². The largest absolute Gasteiger partial charge is 0.508 e. The minimum atomic E-state index is -1.71. The minimum absolute atomic E-state index is 0.251. The Balaban J connectivity index is 2.21. The first kappa shape index (κ1) is 19.5. The number of hydrogen-bond donors (Lipinski definition) is 1. The van der Waals surface area contributed by atoms with Gasteiger partial charge in [-0.25, -0.2) is 0 Å². The van der Waals surface area contributed by atoms with E-state index in [4.69, 9.17) is 4.43 Å². The molecule has 0 saturated carbocycles. The quantitative estimate of drug-likeness (QED) is 0.643. The Kier molecular flexibility index (Phi) is 5.56. The molecule has 0 saturated heterocycles. The van der Waals surface area contributed by atoms with E-state index in [1.54, 1.807) is 0 Å². The molecule has 0 aromatic heterocycles. The zero-order chi connectivity index (χ0) is 18.3. The molecule has 1 aliphatic rings. The lowest BCUT2D eigenvalue weighted by molar-refractivity contribution is 0.207. The zero-order valence-corrected chi connectivity index (χ0v) is 17.9. The average Bonchev–Trinajstić information content (AvgIpc) is 2.43. The number of rotatable bonds is 4. The summed E-state index contributed by atoms with van der Waals surface area (Å²) in [7, 11) is -1.71. The van der Waals surface area contributed by atoms with Crippen molar-refractivity contribution in [1.29, 1.82) is 0 Å². The highest BCUT2D eigenvalue weighted by Crippen LogP contribution is 2.46. The number of fused-ring (bicyclic) bond motifs is 1. The van der Waals surface area contributed by atoms with Crippen molar-refractivity contribution >= 4 is 8.32 Å². The SMILES string of the molecule is Cc1cc(O)c2c(c1)[C@H]([C@H](C)CO[Si](C)(C)C(C)(C)C)CC[C@H]2C. The maximum atomic E-state index is 10.4. The van der Waals surface area contributed by atoms with E-state index in [0.717, 1.165) is 18.6 Å². The van der Waals surface area contributed by atoms with E-state index in [1.165, 1.54) is 17.5 Å². The monoisotopic (exact) mass is 348 g/mol. The van der Waals surface area contributed by atoms with E-state index in [2.05, 4.69) is 60.7 Å². The average molecular weight is 349 g/mol. The first-order valence-corrected chi connectivity index (χ1v) is 12.3. The normalized spacial score (nSPS) is 23.0. The Morgan fingerprint density at radius 2 is 1.88 bits per heavy atom. The predicted octanol–water partition coefficient (Wildman–Crippen LogP) is 6.34. The highest BCUT2D eigenvalue weighted by atomic mass is 28.4. The molecule has 136 valence electrons. The third-order valence-electron chi connectivity index (χ3n) is 6.34. The molecular weight excluding hydrogens is 312 g/mol. The molecule has 3 atom stereocenters. The van der Waals surface area contributed by atoms with Crippen LogP contribution in [0.2, 0.25) is 18.1 Å². The van der Waals surface area contributed by atoms with Gasteiger partial charge in [0.05, 0.1) is 0 Å². The van der Waals surface area contributed by atoms with E-state index in [-0.39, 0.29) is 5.04 Å². The molecule has 0 bridgehead atoms. The van der Waals surface area contributed by atoms with Gasteiger partial charge >= 0.3 is 0 Å². The molecule has 0 spiro atoms. The third-order valence-corrected chi connectivity index (χ3v) is 10.8. The Labute approximate surface area is 149 Å². The van der Waals surface area contributed by atoms with Gasteiger partial charge in [0.15, 0.2) is 8.32 Å². The molecule has 24 heavy (non-hydrogen) atoms. The topological polar surface area (TPSA) is 29.5 Å². The van der Waals surface area contributed by atoms with Crippen LogP contribution in [0.25, 0.3) is 0 Å². The fourth-order valence-corrected chi connectivity index (χ4v) is 4.76. The number of aromatic hydroxyl groups is 1. The van der Waals surface area contributed by atoms with E-state index in [1.807, 2.05) is 6.07 Å². The van der Waals surface area contributed by atoms with Crippen LogP contribution in [0.5, 0.6) is 5.75 Å². The van der Waals surface area contributed by atoms with Gasteiger partial charge in [0.1, 0.15) is 5.75 Å². The number of phenols is 1. The fourth-order valence-electron chi connectivity index (χ4n) is 3.64. The lowest BCUT2D eigenvalue weighted by Gasteiger charge is -2.39. The molecule has 1 aromatic carbocycles. The van der Waals surface area contributed by atoms with Crippen LogP contribution in [0.1, 0.15) is 76.0 Å². The summed E-state index contributed by atoms with van der Waals surface area (Å²) in [6.45, 7) is 19.0. The summed E-state index contributed by atoms with van der Waals surface area (Å²) in [5, 5.41) is 10.7. The third kappa shape index (κ3) is 3.88. The number of hydrogen-bond acceptors (Lipinski definition) is 2. The molecule has 1 N–H and O–H groups in total. The van der Waals surface area contributed by atoms with Crippen LogP contribution in [0.3, 0.4) is 0 Å². The van der Waals surface area contributed by atoms with Crippen LogP contribution < -0.4 is 0 Å². The Morgan fingerprint density at radius 3 is 2.46 bits per heavy atom. The second-order valence-corrected chi connectivity index (χ2v) is 14.2. The van der Waals surface area contributed by atoms with Crippen LogP contribution in [0, 0.1) is 12.8 Å². The standard InChI is InChI=1S/C21H36O2Si/c1-14-11-18-17(10-9-15(2)20(18)19(22)12-14)16(3)13-23-24(7,8)21(4,5)6/h11-12,15-17,22H,9-10,13H2,1-8H3/t15-,16-,17+/m1/s1. The molecule has 0 unspecified atom stereocenters. The van der Waals surface area contributed by atoms with Crippen molar-refractivity contribution in [3.63, 3.8) is 0 Å². The minimum Gasteiger partial charge on any atom is -0.508 e. The van der Waals surface area contributed by atoms with Crippen molar-refractivity contribution < 1.29 is 9.53 Å². The fraction of sp³-hybridized carbons (Fsp3) is 0.714. The van der Waals surface area contributed by atoms with Gasteiger partial charge in [-0.1, -0.05) is 40.7 Å². The zero-order valence-electron chi connectivity index (χ0n) is 16.9. The second kappa shape index (κ2) is 6.84. The van der Waals surface area contributed by atoms with Crippen molar-refractivity contribution in [2.24, 2.45) is 5.92 Å². The number of benzene rings is 1. The molecule has 2 nitrogen and oxygen atoms in total. The van der Waals surface area contributed by atoms with Crippen LogP contribution in [0.15, 0.2) is 12.1 Å². The molecule has 0 radical (unpaired) electrons. The lowest BCUT2D eigenvalue weighted by Crippen LogP contribution is -2.42. The molecule has 0 fully saturated rings. The van der Waals surface area contributed by atoms with Gasteiger partial charge in [-0.2, -0.15) is 0 Å².